The second-order valence-corrected chi connectivity index (χ2v) is 6.45. The summed E-state index contributed by atoms with van der Waals surface area (Å²) in [6.45, 7) is 4.09. The first-order valence-electron chi connectivity index (χ1n) is 9.24. The Morgan fingerprint density at radius 2 is 1.81 bits per heavy atom. The van der Waals surface area contributed by atoms with Crippen molar-refractivity contribution in [3.63, 3.8) is 0 Å². The minimum absolute atomic E-state index is 0. The van der Waals surface area contributed by atoms with E-state index in [-0.39, 0.29) is 24.0 Å². The third-order valence-electron chi connectivity index (χ3n) is 4.52. The number of rotatable bonds is 7. The second kappa shape index (κ2) is 11.8. The Bertz CT molecular complexity index is 681. The summed E-state index contributed by atoms with van der Waals surface area (Å²) in [5, 5.41) is 6.85. The number of nitrogens with zero attached hydrogens (tertiary/aromatic N) is 2. The Hall–Kier alpha value is -1.80. The lowest BCUT2D eigenvalue weighted by molar-refractivity contribution is 0.125. The van der Waals surface area contributed by atoms with Crippen LogP contribution < -0.4 is 15.5 Å². The van der Waals surface area contributed by atoms with Crippen LogP contribution in [0.3, 0.4) is 0 Å². The molecule has 2 aromatic rings. The van der Waals surface area contributed by atoms with Gasteiger partial charge < -0.3 is 20.3 Å². The van der Waals surface area contributed by atoms with E-state index in [0.717, 1.165) is 32.0 Å². The number of hydrogen-bond acceptors (Lipinski definition) is 3. The lowest BCUT2D eigenvalue weighted by Crippen LogP contribution is -2.45. The van der Waals surface area contributed by atoms with Gasteiger partial charge in [0.25, 0.3) is 0 Å². The fourth-order valence-electron chi connectivity index (χ4n) is 3.15. The van der Waals surface area contributed by atoms with Crippen molar-refractivity contribution in [2.75, 3.05) is 38.2 Å². The Balaban J connectivity index is 0.00000261. The van der Waals surface area contributed by atoms with Crippen LogP contribution in [-0.2, 0) is 11.3 Å². The number of aliphatic imine (C=N–C) groups is 1. The quantitative estimate of drug-likeness (QED) is 0.277. The van der Waals surface area contributed by atoms with Crippen LogP contribution in [0.25, 0.3) is 0 Å². The van der Waals surface area contributed by atoms with Crippen molar-refractivity contribution < 1.29 is 4.74 Å². The molecule has 1 atom stereocenters. The highest BCUT2D eigenvalue weighted by Crippen LogP contribution is 2.19. The molecule has 1 heterocycles. The molecule has 0 spiro atoms. The normalized spacial score (nSPS) is 16.7. The molecule has 1 aliphatic heterocycles. The highest BCUT2D eigenvalue weighted by atomic mass is 127. The zero-order valence-electron chi connectivity index (χ0n) is 15.8. The van der Waals surface area contributed by atoms with Crippen molar-refractivity contribution in [3.05, 3.63) is 66.2 Å². The SMILES string of the molecule is CN=C(NCCOCc1ccccc1)NC1CCN(c2ccccc2)C1.I. The summed E-state index contributed by atoms with van der Waals surface area (Å²) in [7, 11) is 1.81. The molecule has 2 N–H and O–H groups in total. The minimum atomic E-state index is 0. The first-order chi connectivity index (χ1) is 12.8. The topological polar surface area (TPSA) is 48.9 Å². The van der Waals surface area contributed by atoms with Gasteiger partial charge in [-0.15, -0.1) is 24.0 Å². The lowest BCUT2D eigenvalue weighted by atomic mass is 10.2. The molecule has 0 saturated carbocycles. The van der Waals surface area contributed by atoms with E-state index in [1.165, 1.54) is 11.3 Å². The molecule has 0 bridgehead atoms. The van der Waals surface area contributed by atoms with Gasteiger partial charge in [0.15, 0.2) is 5.96 Å². The maximum Gasteiger partial charge on any atom is 0.191 e. The van der Waals surface area contributed by atoms with Crippen LogP contribution in [0, 0.1) is 0 Å². The molecule has 3 rings (SSSR count). The standard InChI is InChI=1S/C21H28N4O.HI/c1-22-21(23-13-15-26-17-18-8-4-2-5-9-18)24-19-12-14-25(16-19)20-10-6-3-7-11-20;/h2-11,19H,12-17H2,1H3,(H2,22,23,24);1H. The van der Waals surface area contributed by atoms with Crippen LogP contribution in [0.15, 0.2) is 65.7 Å². The van der Waals surface area contributed by atoms with E-state index in [4.69, 9.17) is 4.74 Å². The van der Waals surface area contributed by atoms with Crippen LogP contribution in [0.1, 0.15) is 12.0 Å². The molecule has 0 amide bonds. The fourth-order valence-corrected chi connectivity index (χ4v) is 3.15. The van der Waals surface area contributed by atoms with Crippen molar-refractivity contribution in [3.8, 4) is 0 Å². The van der Waals surface area contributed by atoms with Gasteiger partial charge in [0.05, 0.1) is 13.2 Å². The average Bonchev–Trinajstić information content (AvgIpc) is 3.17. The van der Waals surface area contributed by atoms with Crippen molar-refractivity contribution in [1.29, 1.82) is 0 Å². The molecule has 1 aliphatic rings. The molecular weight excluding hydrogens is 451 g/mol. The maximum absolute atomic E-state index is 5.71. The Morgan fingerprint density at radius 1 is 1.11 bits per heavy atom. The van der Waals surface area contributed by atoms with E-state index in [1.54, 1.807) is 0 Å². The lowest BCUT2D eigenvalue weighted by Gasteiger charge is -2.20. The monoisotopic (exact) mass is 480 g/mol. The number of anilines is 1. The van der Waals surface area contributed by atoms with Gasteiger partial charge >= 0.3 is 0 Å². The van der Waals surface area contributed by atoms with E-state index in [2.05, 4.69) is 63.0 Å². The number of guanidine groups is 1. The van der Waals surface area contributed by atoms with E-state index < -0.39 is 0 Å². The van der Waals surface area contributed by atoms with E-state index >= 15 is 0 Å². The van der Waals surface area contributed by atoms with Crippen molar-refractivity contribution in [1.82, 2.24) is 10.6 Å². The number of hydrogen-bond donors (Lipinski definition) is 2. The summed E-state index contributed by atoms with van der Waals surface area (Å²) in [4.78, 5) is 6.74. The van der Waals surface area contributed by atoms with Crippen LogP contribution in [0.4, 0.5) is 5.69 Å². The van der Waals surface area contributed by atoms with Crippen molar-refractivity contribution in [2.45, 2.75) is 19.1 Å². The predicted octanol–water partition coefficient (Wildman–Crippen LogP) is 3.27. The maximum atomic E-state index is 5.71. The Kier molecular flexibility index (Phi) is 9.41. The number of halogens is 1. The molecule has 0 radical (unpaired) electrons. The number of benzene rings is 2. The molecule has 1 fully saturated rings. The van der Waals surface area contributed by atoms with Gasteiger partial charge in [-0.3, -0.25) is 4.99 Å². The summed E-state index contributed by atoms with van der Waals surface area (Å²) in [6.07, 6.45) is 1.11. The summed E-state index contributed by atoms with van der Waals surface area (Å²) in [5.74, 6) is 0.841. The first kappa shape index (κ1) is 21.5. The molecule has 0 aliphatic carbocycles. The highest BCUT2D eigenvalue weighted by molar-refractivity contribution is 14.0. The van der Waals surface area contributed by atoms with Crippen molar-refractivity contribution >= 4 is 35.6 Å². The molecule has 1 saturated heterocycles. The third-order valence-corrected chi connectivity index (χ3v) is 4.52. The average molecular weight is 480 g/mol. The molecule has 0 aromatic heterocycles. The third kappa shape index (κ3) is 7.03. The number of para-hydroxylation sites is 1. The summed E-state index contributed by atoms with van der Waals surface area (Å²) >= 11 is 0. The summed E-state index contributed by atoms with van der Waals surface area (Å²) < 4.78 is 5.71. The van der Waals surface area contributed by atoms with Gasteiger partial charge in [-0.1, -0.05) is 48.5 Å². The summed E-state index contributed by atoms with van der Waals surface area (Å²) in [6, 6.07) is 21.2. The smallest absolute Gasteiger partial charge is 0.191 e. The Morgan fingerprint density at radius 3 is 2.52 bits per heavy atom. The number of ether oxygens (including phenoxy) is 1. The Labute approximate surface area is 179 Å². The van der Waals surface area contributed by atoms with Gasteiger partial charge in [0.1, 0.15) is 0 Å². The molecular formula is C21H29IN4O. The minimum Gasteiger partial charge on any atom is -0.375 e. The van der Waals surface area contributed by atoms with Crippen molar-refractivity contribution in [2.24, 2.45) is 4.99 Å². The molecule has 6 heteroatoms. The second-order valence-electron chi connectivity index (χ2n) is 6.45. The van der Waals surface area contributed by atoms with E-state index in [0.29, 0.717) is 19.3 Å². The first-order valence-corrected chi connectivity index (χ1v) is 9.24. The van der Waals surface area contributed by atoms with E-state index in [1.807, 2.05) is 25.2 Å². The zero-order valence-corrected chi connectivity index (χ0v) is 18.1. The largest absolute Gasteiger partial charge is 0.375 e. The molecule has 2 aromatic carbocycles. The van der Waals surface area contributed by atoms with Crippen LogP contribution in [0.5, 0.6) is 0 Å². The summed E-state index contributed by atoms with van der Waals surface area (Å²) in [5.41, 5.74) is 2.48. The fraction of sp³-hybridized carbons (Fsp3) is 0.381. The van der Waals surface area contributed by atoms with Gasteiger partial charge in [0.2, 0.25) is 0 Å². The zero-order chi connectivity index (χ0) is 18.0. The van der Waals surface area contributed by atoms with Gasteiger partial charge in [-0.25, -0.2) is 0 Å². The van der Waals surface area contributed by atoms with E-state index in [9.17, 15) is 0 Å². The highest BCUT2D eigenvalue weighted by Gasteiger charge is 2.23. The predicted molar refractivity (Wildman–Crippen MR) is 123 cm³/mol. The molecule has 1 unspecified atom stereocenters. The molecule has 146 valence electrons. The van der Waals surface area contributed by atoms with Crippen LogP contribution in [-0.4, -0.2) is 45.3 Å². The van der Waals surface area contributed by atoms with Gasteiger partial charge in [-0.2, -0.15) is 0 Å². The van der Waals surface area contributed by atoms with Crippen LogP contribution >= 0.6 is 24.0 Å². The number of nitrogens with one attached hydrogen (secondary N) is 2. The molecule has 5 nitrogen and oxygen atoms in total. The van der Waals surface area contributed by atoms with Gasteiger partial charge in [-0.05, 0) is 24.1 Å². The van der Waals surface area contributed by atoms with Crippen LogP contribution in [0.2, 0.25) is 0 Å². The molecule has 27 heavy (non-hydrogen) atoms. The van der Waals surface area contributed by atoms with Gasteiger partial charge in [0, 0.05) is 38.4 Å².